The third-order valence-electron chi connectivity index (χ3n) is 2.60. The third-order valence-corrected chi connectivity index (χ3v) is 2.60. The Labute approximate surface area is 97.4 Å². The maximum Gasteiger partial charge on any atom is 0.115 e. The summed E-state index contributed by atoms with van der Waals surface area (Å²) in [6, 6.07) is 7.90. The first kappa shape index (κ1) is 13.0. The predicted molar refractivity (Wildman–Crippen MR) is 65.8 cm³/mol. The van der Waals surface area contributed by atoms with Gasteiger partial charge in [-0.15, -0.1) is 0 Å². The molecule has 0 heterocycles. The lowest BCUT2D eigenvalue weighted by atomic mass is 10.1. The lowest BCUT2D eigenvalue weighted by Crippen LogP contribution is -2.29. The normalized spacial score (nSPS) is 12.6. The van der Waals surface area contributed by atoms with Crippen LogP contribution in [0.1, 0.15) is 18.9 Å². The van der Waals surface area contributed by atoms with Crippen LogP contribution in [-0.4, -0.2) is 31.4 Å². The van der Waals surface area contributed by atoms with Gasteiger partial charge < -0.3 is 15.2 Å². The Morgan fingerprint density at radius 2 is 2.00 bits per heavy atom. The summed E-state index contributed by atoms with van der Waals surface area (Å²) in [6.45, 7) is 3.83. The Morgan fingerprint density at radius 1 is 1.31 bits per heavy atom. The highest BCUT2D eigenvalue weighted by atomic mass is 16.5. The van der Waals surface area contributed by atoms with Gasteiger partial charge in [-0.05, 0) is 37.5 Å². The number of ether oxygens (including phenoxy) is 1. The van der Waals surface area contributed by atoms with Crippen molar-refractivity contribution in [3.05, 3.63) is 29.8 Å². The quantitative estimate of drug-likeness (QED) is 0.694. The van der Waals surface area contributed by atoms with Crippen LogP contribution in [0.2, 0.25) is 0 Å². The Hall–Kier alpha value is -1.06. The maximum atomic E-state index is 9.15. The zero-order chi connectivity index (χ0) is 11.8. The van der Waals surface area contributed by atoms with Crippen LogP contribution < -0.4 is 5.32 Å². The van der Waals surface area contributed by atoms with Gasteiger partial charge in [0.25, 0.3) is 0 Å². The second-order valence-electron chi connectivity index (χ2n) is 4.05. The van der Waals surface area contributed by atoms with Crippen LogP contribution in [0, 0.1) is 0 Å². The fourth-order valence-corrected chi connectivity index (χ4v) is 1.56. The summed E-state index contributed by atoms with van der Waals surface area (Å²) in [5, 5.41) is 12.5. The van der Waals surface area contributed by atoms with Gasteiger partial charge in [0.1, 0.15) is 5.75 Å². The van der Waals surface area contributed by atoms with Crippen molar-refractivity contribution in [3.63, 3.8) is 0 Å². The summed E-state index contributed by atoms with van der Waals surface area (Å²) in [5.41, 5.74) is 1.26. The van der Waals surface area contributed by atoms with E-state index in [4.69, 9.17) is 9.84 Å². The number of nitrogens with one attached hydrogen (secondary N) is 1. The fourth-order valence-electron chi connectivity index (χ4n) is 1.56. The van der Waals surface area contributed by atoms with E-state index >= 15 is 0 Å². The highest BCUT2D eigenvalue weighted by molar-refractivity contribution is 5.25. The second kappa shape index (κ2) is 7.25. The van der Waals surface area contributed by atoms with E-state index in [0.717, 1.165) is 26.0 Å². The van der Waals surface area contributed by atoms with Gasteiger partial charge in [0.15, 0.2) is 0 Å². The lowest BCUT2D eigenvalue weighted by Gasteiger charge is -2.13. The Balaban J connectivity index is 2.20. The number of hydrogen-bond acceptors (Lipinski definition) is 3. The monoisotopic (exact) mass is 223 g/mol. The van der Waals surface area contributed by atoms with Crippen molar-refractivity contribution in [3.8, 4) is 5.75 Å². The van der Waals surface area contributed by atoms with Gasteiger partial charge in [0.2, 0.25) is 0 Å². The van der Waals surface area contributed by atoms with Crippen LogP contribution in [0.5, 0.6) is 5.75 Å². The molecule has 0 fully saturated rings. The molecule has 1 atom stereocenters. The van der Waals surface area contributed by atoms with Gasteiger partial charge in [0.05, 0.1) is 6.61 Å². The SMILES string of the molecule is COCCNC(C)CCc1ccc(O)cc1. The first-order valence-electron chi connectivity index (χ1n) is 5.72. The summed E-state index contributed by atoms with van der Waals surface area (Å²) in [7, 11) is 1.71. The average molecular weight is 223 g/mol. The second-order valence-corrected chi connectivity index (χ2v) is 4.05. The van der Waals surface area contributed by atoms with Gasteiger partial charge in [-0.1, -0.05) is 12.1 Å². The van der Waals surface area contributed by atoms with E-state index < -0.39 is 0 Å². The van der Waals surface area contributed by atoms with E-state index in [1.165, 1.54) is 5.56 Å². The molecule has 3 heteroatoms. The summed E-state index contributed by atoms with van der Waals surface area (Å²) in [5.74, 6) is 0.329. The highest BCUT2D eigenvalue weighted by Gasteiger charge is 2.01. The molecule has 0 saturated carbocycles. The van der Waals surface area contributed by atoms with Gasteiger partial charge in [0, 0.05) is 19.7 Å². The lowest BCUT2D eigenvalue weighted by molar-refractivity contribution is 0.196. The number of aryl methyl sites for hydroxylation is 1. The van der Waals surface area contributed by atoms with Crippen molar-refractivity contribution in [1.29, 1.82) is 0 Å². The molecule has 0 aromatic heterocycles. The molecule has 0 radical (unpaired) electrons. The standard InChI is InChI=1S/C13H21NO2/c1-11(14-9-10-16-2)3-4-12-5-7-13(15)8-6-12/h5-8,11,14-15H,3-4,9-10H2,1-2H3. The molecule has 3 nitrogen and oxygen atoms in total. The van der Waals surface area contributed by atoms with E-state index in [9.17, 15) is 0 Å². The smallest absolute Gasteiger partial charge is 0.115 e. The van der Waals surface area contributed by atoms with Crippen LogP contribution >= 0.6 is 0 Å². The first-order chi connectivity index (χ1) is 7.72. The molecule has 0 aliphatic heterocycles. The van der Waals surface area contributed by atoms with E-state index in [1.807, 2.05) is 12.1 Å². The Morgan fingerprint density at radius 3 is 2.62 bits per heavy atom. The molecule has 16 heavy (non-hydrogen) atoms. The number of hydrogen-bond donors (Lipinski definition) is 2. The van der Waals surface area contributed by atoms with Crippen LogP contribution in [0.15, 0.2) is 24.3 Å². The van der Waals surface area contributed by atoms with Crippen LogP contribution in [0.25, 0.3) is 0 Å². The zero-order valence-corrected chi connectivity index (χ0v) is 10.1. The molecule has 1 aromatic carbocycles. The van der Waals surface area contributed by atoms with Crippen molar-refractivity contribution in [1.82, 2.24) is 5.32 Å². The Kier molecular flexibility index (Phi) is 5.90. The van der Waals surface area contributed by atoms with E-state index in [1.54, 1.807) is 19.2 Å². The van der Waals surface area contributed by atoms with Gasteiger partial charge in [-0.25, -0.2) is 0 Å². The fraction of sp³-hybridized carbons (Fsp3) is 0.538. The molecule has 90 valence electrons. The van der Waals surface area contributed by atoms with Crippen molar-refractivity contribution >= 4 is 0 Å². The first-order valence-corrected chi connectivity index (χ1v) is 5.72. The predicted octanol–water partition coefficient (Wildman–Crippen LogP) is 1.95. The van der Waals surface area contributed by atoms with Crippen LogP contribution in [-0.2, 0) is 11.2 Å². The largest absolute Gasteiger partial charge is 0.508 e. The molecule has 0 saturated heterocycles. The number of phenols is 1. The highest BCUT2D eigenvalue weighted by Crippen LogP contribution is 2.11. The van der Waals surface area contributed by atoms with E-state index in [2.05, 4.69) is 12.2 Å². The Bertz CT molecular complexity index is 284. The zero-order valence-electron chi connectivity index (χ0n) is 10.1. The molecule has 2 N–H and O–H groups in total. The summed E-state index contributed by atoms with van der Waals surface area (Å²) >= 11 is 0. The molecule has 1 aromatic rings. The number of aromatic hydroxyl groups is 1. The molecule has 0 aliphatic rings. The molecular formula is C13H21NO2. The topological polar surface area (TPSA) is 41.5 Å². The minimum atomic E-state index is 0.329. The maximum absolute atomic E-state index is 9.15. The molecule has 0 aliphatic carbocycles. The minimum Gasteiger partial charge on any atom is -0.508 e. The van der Waals surface area contributed by atoms with Gasteiger partial charge in [-0.3, -0.25) is 0 Å². The number of benzene rings is 1. The van der Waals surface area contributed by atoms with Crippen molar-refractivity contribution in [2.45, 2.75) is 25.8 Å². The molecule has 0 bridgehead atoms. The number of phenolic OH excluding ortho intramolecular Hbond substituents is 1. The van der Waals surface area contributed by atoms with Crippen molar-refractivity contribution in [2.24, 2.45) is 0 Å². The number of methoxy groups -OCH3 is 1. The average Bonchev–Trinajstić information content (AvgIpc) is 2.29. The van der Waals surface area contributed by atoms with Crippen molar-refractivity contribution in [2.75, 3.05) is 20.3 Å². The minimum absolute atomic E-state index is 0.329. The summed E-state index contributed by atoms with van der Waals surface area (Å²) in [4.78, 5) is 0. The molecule has 0 spiro atoms. The molecule has 1 unspecified atom stereocenters. The van der Waals surface area contributed by atoms with Crippen LogP contribution in [0.3, 0.4) is 0 Å². The van der Waals surface area contributed by atoms with E-state index in [0.29, 0.717) is 11.8 Å². The molecule has 0 amide bonds. The summed E-state index contributed by atoms with van der Waals surface area (Å²) < 4.78 is 4.98. The van der Waals surface area contributed by atoms with E-state index in [-0.39, 0.29) is 0 Å². The van der Waals surface area contributed by atoms with Crippen molar-refractivity contribution < 1.29 is 9.84 Å². The van der Waals surface area contributed by atoms with Gasteiger partial charge in [-0.2, -0.15) is 0 Å². The summed E-state index contributed by atoms with van der Waals surface area (Å²) in [6.07, 6.45) is 2.12. The third kappa shape index (κ3) is 5.14. The molecule has 1 rings (SSSR count). The van der Waals surface area contributed by atoms with Gasteiger partial charge >= 0.3 is 0 Å². The van der Waals surface area contributed by atoms with Crippen LogP contribution in [0.4, 0.5) is 0 Å². The number of rotatable bonds is 7. The molecular weight excluding hydrogens is 202 g/mol.